The molecule has 0 spiro atoms. The third-order valence-electron chi connectivity index (χ3n) is 5.46. The van der Waals surface area contributed by atoms with Crippen LogP contribution in [0.25, 0.3) is 10.8 Å². The van der Waals surface area contributed by atoms with Gasteiger partial charge in [0.05, 0.1) is 5.75 Å². The minimum absolute atomic E-state index is 0. The third-order valence-corrected chi connectivity index (χ3v) is 6.69. The summed E-state index contributed by atoms with van der Waals surface area (Å²) in [5.41, 5.74) is 0. The number of rotatable bonds is 16. The molecule has 0 saturated heterocycles. The number of fused-ring (bicyclic) bond motifs is 1. The van der Waals surface area contributed by atoms with Crippen molar-refractivity contribution in [1.82, 2.24) is 0 Å². The third kappa shape index (κ3) is 10.8. The van der Waals surface area contributed by atoms with E-state index in [1.807, 2.05) is 36.4 Å². The maximum absolute atomic E-state index is 12.3. The molecule has 0 N–H and O–H groups in total. The second kappa shape index (κ2) is 15.7. The van der Waals surface area contributed by atoms with Gasteiger partial charge in [-0.1, -0.05) is 120 Å². The molecule has 0 bridgehead atoms. The Morgan fingerprint density at radius 1 is 0.667 bits per heavy atom. The molecule has 2 rings (SSSR count). The van der Waals surface area contributed by atoms with E-state index >= 15 is 0 Å². The van der Waals surface area contributed by atoms with Gasteiger partial charge in [0.15, 0.2) is 0 Å². The van der Waals surface area contributed by atoms with Crippen molar-refractivity contribution >= 4 is 20.9 Å². The quantitative estimate of drug-likeness (QED) is 0.143. The molecule has 30 heavy (non-hydrogen) atoms. The van der Waals surface area contributed by atoms with E-state index < -0.39 is 10.1 Å². The van der Waals surface area contributed by atoms with Crippen LogP contribution in [0.4, 0.5) is 0 Å². The van der Waals surface area contributed by atoms with E-state index in [1.54, 1.807) is 6.07 Å². The van der Waals surface area contributed by atoms with Gasteiger partial charge in [0, 0.05) is 22.5 Å². The number of hydrogen-bond donors (Lipinski definition) is 0. The zero-order valence-electron chi connectivity index (χ0n) is 18.4. The summed E-state index contributed by atoms with van der Waals surface area (Å²) in [6, 6.07) is 13.2. The van der Waals surface area contributed by atoms with Gasteiger partial charge in [-0.25, -0.2) is 0 Å². The SMILES string of the molecule is CCCCCCCCCCCCCCCS(=O)(=O)Oc1cccc2ccccc12.[Fe]. The maximum Gasteiger partial charge on any atom is 0.309 e. The normalized spacial score (nSPS) is 11.4. The molecule has 0 heterocycles. The standard InChI is InChI=1S/C25H38O3S.Fe/c1-2-3-4-5-6-7-8-9-10-11-12-13-16-22-29(26,27)28-25-21-17-19-23-18-14-15-20-24(23)25;/h14-15,17-21H,2-13,16,22H2,1H3;. The Hall–Kier alpha value is -1.03. The van der Waals surface area contributed by atoms with Crippen LogP contribution in [0.3, 0.4) is 0 Å². The van der Waals surface area contributed by atoms with Gasteiger partial charge in [-0.2, -0.15) is 8.42 Å². The van der Waals surface area contributed by atoms with Crippen molar-refractivity contribution in [3.05, 3.63) is 42.5 Å². The van der Waals surface area contributed by atoms with Crippen LogP contribution >= 0.6 is 0 Å². The van der Waals surface area contributed by atoms with Gasteiger partial charge in [0.1, 0.15) is 5.75 Å². The predicted molar refractivity (Wildman–Crippen MR) is 124 cm³/mol. The largest absolute Gasteiger partial charge is 0.382 e. The molecule has 0 amide bonds. The van der Waals surface area contributed by atoms with Crippen molar-refractivity contribution in [1.29, 1.82) is 0 Å². The number of hydrogen-bond acceptors (Lipinski definition) is 3. The molecule has 5 heteroatoms. The molecular formula is C25H38FeO3S. The maximum atomic E-state index is 12.3. The van der Waals surface area contributed by atoms with Crippen molar-refractivity contribution in [3.8, 4) is 5.75 Å². The van der Waals surface area contributed by atoms with Gasteiger partial charge in [-0.15, -0.1) is 0 Å². The van der Waals surface area contributed by atoms with E-state index in [9.17, 15) is 8.42 Å². The van der Waals surface area contributed by atoms with E-state index in [0.29, 0.717) is 12.2 Å². The van der Waals surface area contributed by atoms with Crippen LogP contribution in [-0.2, 0) is 27.2 Å². The van der Waals surface area contributed by atoms with E-state index in [0.717, 1.165) is 23.6 Å². The fourth-order valence-electron chi connectivity index (χ4n) is 3.74. The molecule has 170 valence electrons. The predicted octanol–water partition coefficient (Wildman–Crippen LogP) is 7.64. The van der Waals surface area contributed by atoms with Crippen LogP contribution in [0.5, 0.6) is 5.75 Å². The van der Waals surface area contributed by atoms with Gasteiger partial charge in [0.25, 0.3) is 0 Å². The minimum Gasteiger partial charge on any atom is -0.382 e. The summed E-state index contributed by atoms with van der Waals surface area (Å²) in [6.45, 7) is 2.26. The first-order valence-corrected chi connectivity index (χ1v) is 13.1. The Morgan fingerprint density at radius 2 is 1.17 bits per heavy atom. The molecule has 2 aromatic rings. The van der Waals surface area contributed by atoms with Crippen molar-refractivity contribution < 1.29 is 29.7 Å². The summed E-state index contributed by atoms with van der Waals surface area (Å²) in [6.07, 6.45) is 16.1. The molecular weight excluding hydrogens is 436 g/mol. The van der Waals surface area contributed by atoms with Crippen molar-refractivity contribution in [2.24, 2.45) is 0 Å². The van der Waals surface area contributed by atoms with Crippen LogP contribution < -0.4 is 4.18 Å². The fourth-order valence-corrected chi connectivity index (χ4v) is 4.80. The van der Waals surface area contributed by atoms with Crippen LogP contribution in [0, 0.1) is 0 Å². The first kappa shape index (κ1) is 27.0. The Balaban J connectivity index is 0.00000450. The molecule has 0 atom stereocenters. The first-order valence-electron chi connectivity index (χ1n) is 11.5. The zero-order chi connectivity index (χ0) is 20.8. The second-order valence-corrected chi connectivity index (χ2v) is 9.76. The van der Waals surface area contributed by atoms with Gasteiger partial charge >= 0.3 is 10.1 Å². The average molecular weight is 474 g/mol. The first-order chi connectivity index (χ1) is 14.1. The summed E-state index contributed by atoms with van der Waals surface area (Å²) in [5, 5.41) is 1.82. The van der Waals surface area contributed by atoms with E-state index in [4.69, 9.17) is 4.18 Å². The number of benzene rings is 2. The molecule has 0 fully saturated rings. The van der Waals surface area contributed by atoms with Crippen LogP contribution in [0.1, 0.15) is 90.4 Å². The second-order valence-electron chi connectivity index (χ2n) is 8.07. The van der Waals surface area contributed by atoms with Gasteiger partial charge in [-0.3, -0.25) is 0 Å². The topological polar surface area (TPSA) is 43.4 Å². The molecule has 0 unspecified atom stereocenters. The van der Waals surface area contributed by atoms with Crippen LogP contribution in [0.15, 0.2) is 42.5 Å². The summed E-state index contributed by atoms with van der Waals surface area (Å²) in [7, 11) is -3.54. The summed E-state index contributed by atoms with van der Waals surface area (Å²) >= 11 is 0. The molecule has 0 aliphatic heterocycles. The number of unbranched alkanes of at least 4 members (excludes halogenated alkanes) is 12. The van der Waals surface area contributed by atoms with E-state index in [2.05, 4.69) is 6.92 Å². The van der Waals surface area contributed by atoms with Crippen LogP contribution in [-0.4, -0.2) is 14.2 Å². The van der Waals surface area contributed by atoms with E-state index in [-0.39, 0.29) is 22.8 Å². The molecule has 0 aromatic heterocycles. The minimum atomic E-state index is -3.54. The van der Waals surface area contributed by atoms with Gasteiger partial charge in [-0.05, 0) is 17.9 Å². The Kier molecular flexibility index (Phi) is 14.2. The Bertz CT molecular complexity index is 800. The summed E-state index contributed by atoms with van der Waals surface area (Å²) < 4.78 is 30.0. The smallest absolute Gasteiger partial charge is 0.309 e. The summed E-state index contributed by atoms with van der Waals surface area (Å²) in [4.78, 5) is 0. The molecule has 0 radical (unpaired) electrons. The molecule has 0 aliphatic rings. The zero-order valence-corrected chi connectivity index (χ0v) is 20.3. The molecule has 0 saturated carbocycles. The summed E-state index contributed by atoms with van der Waals surface area (Å²) in [5.74, 6) is 0.520. The van der Waals surface area contributed by atoms with Crippen molar-refractivity contribution in [2.75, 3.05) is 5.75 Å². The van der Waals surface area contributed by atoms with Gasteiger partial charge < -0.3 is 4.18 Å². The Labute approximate surface area is 194 Å². The van der Waals surface area contributed by atoms with Crippen LogP contribution in [0.2, 0.25) is 0 Å². The molecule has 0 aliphatic carbocycles. The average Bonchev–Trinajstić information content (AvgIpc) is 2.71. The van der Waals surface area contributed by atoms with Gasteiger partial charge in [0.2, 0.25) is 0 Å². The molecule has 2 aromatic carbocycles. The van der Waals surface area contributed by atoms with Crippen molar-refractivity contribution in [3.63, 3.8) is 0 Å². The Morgan fingerprint density at radius 3 is 1.77 bits per heavy atom. The van der Waals surface area contributed by atoms with Crippen molar-refractivity contribution in [2.45, 2.75) is 90.4 Å². The fraction of sp³-hybridized carbons (Fsp3) is 0.600. The monoisotopic (exact) mass is 474 g/mol. The van der Waals surface area contributed by atoms with E-state index in [1.165, 1.54) is 64.2 Å². The molecule has 3 nitrogen and oxygen atoms in total.